The van der Waals surface area contributed by atoms with E-state index in [1.807, 2.05) is 20.8 Å². The minimum Gasteiger partial charge on any atom is -0.467 e. The average molecular weight is 492 g/mol. The highest BCUT2D eigenvalue weighted by Crippen LogP contribution is 2.18. The SMILES string of the molecule is Cc1ccc(S(=O)(=O)NCC(=O)N(Cc2ccco2)[C@H](C(=O)NC[C@@H]2CCCO2)C(C)C)cc1. The highest BCUT2D eigenvalue weighted by molar-refractivity contribution is 7.89. The van der Waals surface area contributed by atoms with E-state index in [1.165, 1.54) is 23.3 Å². The number of hydrogen-bond donors (Lipinski definition) is 2. The smallest absolute Gasteiger partial charge is 0.243 e. The summed E-state index contributed by atoms with van der Waals surface area (Å²) < 4.78 is 38.7. The van der Waals surface area contributed by atoms with Crippen LogP contribution >= 0.6 is 0 Å². The number of aryl methyl sites for hydroxylation is 1. The number of nitrogens with one attached hydrogen (secondary N) is 2. The lowest BCUT2D eigenvalue weighted by Gasteiger charge is -2.33. The van der Waals surface area contributed by atoms with E-state index in [9.17, 15) is 18.0 Å². The van der Waals surface area contributed by atoms with Crippen molar-refractivity contribution >= 4 is 21.8 Å². The largest absolute Gasteiger partial charge is 0.467 e. The summed E-state index contributed by atoms with van der Waals surface area (Å²) in [7, 11) is -3.89. The van der Waals surface area contributed by atoms with Crippen molar-refractivity contribution in [2.75, 3.05) is 19.7 Å². The summed E-state index contributed by atoms with van der Waals surface area (Å²) in [6.45, 7) is 6.14. The zero-order valence-electron chi connectivity index (χ0n) is 19.8. The Morgan fingerprint density at radius 2 is 1.91 bits per heavy atom. The minimum absolute atomic E-state index is 0.0349. The standard InChI is InChI=1S/C24H33N3O6S/c1-17(2)23(24(29)25-14-19-6-4-12-32-19)27(16-20-7-5-13-33-20)22(28)15-26-34(30,31)21-10-8-18(3)9-11-21/h5,7-11,13,17,19,23,26H,4,6,12,14-16H2,1-3H3,(H,25,29)/t19-,23-/m0/s1. The monoisotopic (exact) mass is 491 g/mol. The molecule has 0 spiro atoms. The molecule has 186 valence electrons. The molecule has 10 heteroatoms. The summed E-state index contributed by atoms with van der Waals surface area (Å²) in [5.74, 6) is -0.575. The molecule has 0 saturated carbocycles. The number of benzene rings is 1. The van der Waals surface area contributed by atoms with E-state index in [-0.39, 0.29) is 29.4 Å². The number of hydrogen-bond acceptors (Lipinski definition) is 6. The number of sulfonamides is 1. The van der Waals surface area contributed by atoms with Crippen molar-refractivity contribution in [3.63, 3.8) is 0 Å². The molecule has 2 aromatic rings. The second kappa shape index (κ2) is 11.6. The second-order valence-electron chi connectivity index (χ2n) is 8.81. The molecular formula is C24H33N3O6S. The number of carbonyl (C=O) groups excluding carboxylic acids is 2. The van der Waals surface area contributed by atoms with Gasteiger partial charge >= 0.3 is 0 Å². The van der Waals surface area contributed by atoms with Crippen LogP contribution in [0.3, 0.4) is 0 Å². The van der Waals surface area contributed by atoms with Crippen molar-refractivity contribution in [1.82, 2.24) is 14.9 Å². The molecule has 0 bridgehead atoms. The summed E-state index contributed by atoms with van der Waals surface area (Å²) in [6, 6.07) is 8.93. The Labute approximate surface area is 200 Å². The topological polar surface area (TPSA) is 118 Å². The Morgan fingerprint density at radius 1 is 1.18 bits per heavy atom. The number of furan rings is 1. The molecule has 2 amide bonds. The maximum atomic E-state index is 13.3. The fourth-order valence-corrected chi connectivity index (χ4v) is 4.87. The molecular weight excluding hydrogens is 458 g/mol. The van der Waals surface area contributed by atoms with Crippen LogP contribution in [0.15, 0.2) is 52.0 Å². The van der Waals surface area contributed by atoms with E-state index >= 15 is 0 Å². The van der Waals surface area contributed by atoms with E-state index in [0.29, 0.717) is 18.9 Å². The molecule has 1 aromatic carbocycles. The van der Waals surface area contributed by atoms with Gasteiger partial charge in [0.1, 0.15) is 11.8 Å². The third kappa shape index (κ3) is 6.91. The quantitative estimate of drug-likeness (QED) is 0.498. The van der Waals surface area contributed by atoms with Crippen LogP contribution in [-0.2, 0) is 30.9 Å². The van der Waals surface area contributed by atoms with E-state index in [0.717, 1.165) is 18.4 Å². The average Bonchev–Trinajstić information content (AvgIpc) is 3.50. The highest BCUT2D eigenvalue weighted by atomic mass is 32.2. The third-order valence-corrected chi connectivity index (χ3v) is 7.15. The molecule has 9 nitrogen and oxygen atoms in total. The van der Waals surface area contributed by atoms with Crippen molar-refractivity contribution in [3.05, 3.63) is 54.0 Å². The first-order valence-electron chi connectivity index (χ1n) is 11.4. The Kier molecular flexibility index (Phi) is 8.87. The molecule has 2 N–H and O–H groups in total. The Bertz CT molecular complexity index is 1040. The Balaban J connectivity index is 1.75. The van der Waals surface area contributed by atoms with Crippen LogP contribution in [0.25, 0.3) is 0 Å². The zero-order valence-corrected chi connectivity index (χ0v) is 20.6. The lowest BCUT2D eigenvalue weighted by Crippen LogP contribution is -2.54. The highest BCUT2D eigenvalue weighted by Gasteiger charge is 2.34. The van der Waals surface area contributed by atoms with Gasteiger partial charge in [-0.2, -0.15) is 0 Å². The van der Waals surface area contributed by atoms with Crippen LogP contribution < -0.4 is 10.0 Å². The molecule has 0 aliphatic carbocycles. The summed E-state index contributed by atoms with van der Waals surface area (Å²) in [5.41, 5.74) is 0.924. The van der Waals surface area contributed by atoms with Crippen LogP contribution in [0, 0.1) is 12.8 Å². The molecule has 1 saturated heterocycles. The van der Waals surface area contributed by atoms with Crippen LogP contribution in [0.4, 0.5) is 0 Å². The maximum Gasteiger partial charge on any atom is 0.243 e. The van der Waals surface area contributed by atoms with Gasteiger partial charge in [0.2, 0.25) is 21.8 Å². The van der Waals surface area contributed by atoms with Gasteiger partial charge in [0.05, 0.1) is 30.4 Å². The summed E-state index contributed by atoms with van der Waals surface area (Å²) in [5, 5.41) is 2.90. The van der Waals surface area contributed by atoms with Crippen LogP contribution in [0.2, 0.25) is 0 Å². The lowest BCUT2D eigenvalue weighted by molar-refractivity contribution is -0.142. The molecule has 0 radical (unpaired) electrons. The molecule has 3 rings (SSSR count). The van der Waals surface area contributed by atoms with Crippen LogP contribution in [0.5, 0.6) is 0 Å². The Hall–Kier alpha value is -2.69. The molecule has 34 heavy (non-hydrogen) atoms. The van der Waals surface area contributed by atoms with Gasteiger partial charge in [-0.1, -0.05) is 31.5 Å². The number of nitrogens with zero attached hydrogens (tertiary/aromatic N) is 1. The molecule has 0 unspecified atom stereocenters. The maximum absolute atomic E-state index is 13.3. The van der Waals surface area contributed by atoms with Gasteiger partial charge in [-0.25, -0.2) is 13.1 Å². The number of ether oxygens (including phenoxy) is 1. The summed E-state index contributed by atoms with van der Waals surface area (Å²) >= 11 is 0. The van der Waals surface area contributed by atoms with Gasteiger partial charge in [0.15, 0.2) is 0 Å². The lowest BCUT2D eigenvalue weighted by atomic mass is 10.0. The zero-order chi connectivity index (χ0) is 24.7. The molecule has 1 aliphatic rings. The number of carbonyl (C=O) groups is 2. The predicted octanol–water partition coefficient (Wildman–Crippen LogP) is 2.21. The van der Waals surface area contributed by atoms with Gasteiger partial charge in [-0.15, -0.1) is 0 Å². The Morgan fingerprint density at radius 3 is 2.50 bits per heavy atom. The normalized spacial score (nSPS) is 17.0. The van der Waals surface area contributed by atoms with Crippen molar-refractivity contribution in [2.24, 2.45) is 5.92 Å². The molecule has 2 heterocycles. The summed E-state index contributed by atoms with van der Waals surface area (Å²) in [6.07, 6.45) is 3.29. The molecule has 1 aliphatic heterocycles. The van der Waals surface area contributed by atoms with Crippen LogP contribution in [-0.4, -0.2) is 57.0 Å². The van der Waals surface area contributed by atoms with Crippen molar-refractivity contribution in [1.29, 1.82) is 0 Å². The van der Waals surface area contributed by atoms with Crippen LogP contribution in [0.1, 0.15) is 38.0 Å². The summed E-state index contributed by atoms with van der Waals surface area (Å²) in [4.78, 5) is 27.8. The van der Waals surface area contributed by atoms with Gasteiger partial charge in [-0.05, 0) is 49.9 Å². The van der Waals surface area contributed by atoms with Gasteiger partial charge in [-0.3, -0.25) is 9.59 Å². The van der Waals surface area contributed by atoms with E-state index in [2.05, 4.69) is 10.0 Å². The van der Waals surface area contributed by atoms with Gasteiger partial charge < -0.3 is 19.4 Å². The van der Waals surface area contributed by atoms with Crippen molar-refractivity contribution < 1.29 is 27.2 Å². The second-order valence-corrected chi connectivity index (χ2v) is 10.6. The third-order valence-electron chi connectivity index (χ3n) is 5.74. The first-order chi connectivity index (χ1) is 16.2. The first-order valence-corrected chi connectivity index (χ1v) is 12.9. The van der Waals surface area contributed by atoms with E-state index in [1.54, 1.807) is 24.3 Å². The van der Waals surface area contributed by atoms with E-state index in [4.69, 9.17) is 9.15 Å². The van der Waals surface area contributed by atoms with Gasteiger partial charge in [0.25, 0.3) is 0 Å². The molecule has 1 aromatic heterocycles. The minimum atomic E-state index is -3.89. The van der Waals surface area contributed by atoms with Gasteiger partial charge in [0, 0.05) is 13.2 Å². The van der Waals surface area contributed by atoms with Crippen molar-refractivity contribution in [3.8, 4) is 0 Å². The fourth-order valence-electron chi connectivity index (χ4n) is 3.90. The molecule has 2 atom stereocenters. The predicted molar refractivity (Wildman–Crippen MR) is 126 cm³/mol. The fraction of sp³-hybridized carbons (Fsp3) is 0.500. The molecule has 1 fully saturated rings. The number of amides is 2. The van der Waals surface area contributed by atoms with E-state index < -0.39 is 28.5 Å². The first kappa shape index (κ1) is 25.9. The number of rotatable bonds is 11. The van der Waals surface area contributed by atoms with Crippen molar-refractivity contribution in [2.45, 2.75) is 57.2 Å².